The van der Waals surface area contributed by atoms with Gasteiger partial charge in [-0.1, -0.05) is 42.5 Å². The smallest absolute Gasteiger partial charge is 0.255 e. The Hall–Kier alpha value is -2.29. The highest BCUT2D eigenvalue weighted by Crippen LogP contribution is 2.17. The van der Waals surface area contributed by atoms with E-state index in [0.29, 0.717) is 5.56 Å². The van der Waals surface area contributed by atoms with Gasteiger partial charge in [0, 0.05) is 0 Å². The molecule has 0 bridgehead atoms. The fourth-order valence-corrected chi connectivity index (χ4v) is 1.77. The number of hydrogen-bond donors (Lipinski definition) is 2. The highest BCUT2D eigenvalue weighted by Gasteiger charge is 2.13. The average Bonchev–Trinajstić information content (AvgIpc) is 2.40. The summed E-state index contributed by atoms with van der Waals surface area (Å²) in [6, 6.07) is 16.1. The Morgan fingerprint density at radius 1 is 1.06 bits per heavy atom. The van der Waals surface area contributed by atoms with Crippen LogP contribution in [0, 0.1) is 0 Å². The van der Waals surface area contributed by atoms with E-state index < -0.39 is 0 Å². The number of para-hydroxylation sites is 1. The minimum atomic E-state index is -0.274. The monoisotopic (exact) mass is 241 g/mol. The van der Waals surface area contributed by atoms with Crippen molar-refractivity contribution in [2.75, 3.05) is 0 Å². The first-order chi connectivity index (χ1) is 8.68. The van der Waals surface area contributed by atoms with Gasteiger partial charge in [0.25, 0.3) is 5.91 Å². The lowest BCUT2D eigenvalue weighted by Crippen LogP contribution is -2.26. The Morgan fingerprint density at radius 2 is 1.67 bits per heavy atom. The summed E-state index contributed by atoms with van der Waals surface area (Å²) in [5.41, 5.74) is 1.32. The van der Waals surface area contributed by atoms with Crippen LogP contribution < -0.4 is 5.32 Å². The fourth-order valence-electron chi connectivity index (χ4n) is 1.77. The molecule has 3 nitrogen and oxygen atoms in total. The Bertz CT molecular complexity index is 537. The van der Waals surface area contributed by atoms with Crippen molar-refractivity contribution in [3.05, 3.63) is 65.7 Å². The second-order valence-electron chi connectivity index (χ2n) is 4.12. The summed E-state index contributed by atoms with van der Waals surface area (Å²) in [5.74, 6) is -0.278. The minimum Gasteiger partial charge on any atom is -0.507 e. The Labute approximate surface area is 106 Å². The summed E-state index contributed by atoms with van der Waals surface area (Å²) in [6.45, 7) is 1.91. The molecule has 2 N–H and O–H groups in total. The summed E-state index contributed by atoms with van der Waals surface area (Å²) < 4.78 is 0. The predicted octanol–water partition coefficient (Wildman–Crippen LogP) is 2.88. The van der Waals surface area contributed by atoms with Gasteiger partial charge in [0.15, 0.2) is 0 Å². The van der Waals surface area contributed by atoms with Crippen LogP contribution in [0.2, 0.25) is 0 Å². The topological polar surface area (TPSA) is 49.3 Å². The number of carbonyl (C=O) groups is 1. The van der Waals surface area contributed by atoms with Crippen LogP contribution in [-0.2, 0) is 0 Å². The third kappa shape index (κ3) is 2.69. The molecule has 92 valence electrons. The number of rotatable bonds is 3. The molecule has 2 aromatic rings. The maximum Gasteiger partial charge on any atom is 0.255 e. The van der Waals surface area contributed by atoms with Crippen LogP contribution in [0.1, 0.15) is 28.9 Å². The normalized spacial score (nSPS) is 11.8. The van der Waals surface area contributed by atoms with Crippen molar-refractivity contribution in [1.29, 1.82) is 0 Å². The summed E-state index contributed by atoms with van der Waals surface area (Å²) >= 11 is 0. The minimum absolute atomic E-state index is 0.00439. The maximum absolute atomic E-state index is 12.0. The van der Waals surface area contributed by atoms with E-state index >= 15 is 0 Å². The summed E-state index contributed by atoms with van der Waals surface area (Å²) in [7, 11) is 0. The van der Waals surface area contributed by atoms with E-state index in [1.165, 1.54) is 6.07 Å². The molecular formula is C15H15NO2. The average molecular weight is 241 g/mol. The molecule has 0 aromatic heterocycles. The Morgan fingerprint density at radius 3 is 2.33 bits per heavy atom. The number of amides is 1. The van der Waals surface area contributed by atoms with Crippen molar-refractivity contribution in [3.63, 3.8) is 0 Å². The van der Waals surface area contributed by atoms with Gasteiger partial charge in [-0.3, -0.25) is 4.79 Å². The van der Waals surface area contributed by atoms with Crippen molar-refractivity contribution >= 4 is 5.91 Å². The highest BCUT2D eigenvalue weighted by molar-refractivity contribution is 5.96. The van der Waals surface area contributed by atoms with Crippen molar-refractivity contribution in [2.24, 2.45) is 0 Å². The molecule has 0 aliphatic rings. The number of nitrogens with one attached hydrogen (secondary N) is 1. The highest BCUT2D eigenvalue weighted by atomic mass is 16.3. The van der Waals surface area contributed by atoms with Crippen LogP contribution >= 0.6 is 0 Å². The molecule has 3 heteroatoms. The first kappa shape index (κ1) is 12.2. The summed E-state index contributed by atoms with van der Waals surface area (Å²) in [5, 5.41) is 12.5. The van der Waals surface area contributed by atoms with Crippen LogP contribution in [0.3, 0.4) is 0 Å². The Balaban J connectivity index is 2.11. The van der Waals surface area contributed by atoms with Gasteiger partial charge in [-0.15, -0.1) is 0 Å². The van der Waals surface area contributed by atoms with Gasteiger partial charge < -0.3 is 10.4 Å². The zero-order valence-corrected chi connectivity index (χ0v) is 10.1. The zero-order chi connectivity index (χ0) is 13.0. The molecule has 0 radical (unpaired) electrons. The van der Waals surface area contributed by atoms with Crippen LogP contribution in [0.5, 0.6) is 5.75 Å². The first-order valence-electron chi connectivity index (χ1n) is 5.82. The number of benzene rings is 2. The third-order valence-electron chi connectivity index (χ3n) is 2.80. The number of hydrogen-bond acceptors (Lipinski definition) is 2. The lowest BCUT2D eigenvalue weighted by Gasteiger charge is -2.14. The van der Waals surface area contributed by atoms with Crippen molar-refractivity contribution in [1.82, 2.24) is 5.32 Å². The SMILES string of the molecule is C[C@H](NC(=O)c1ccccc1O)c1ccccc1. The van der Waals surface area contributed by atoms with Crippen LogP contribution in [-0.4, -0.2) is 11.0 Å². The van der Waals surface area contributed by atoms with E-state index in [-0.39, 0.29) is 17.7 Å². The van der Waals surface area contributed by atoms with Crippen LogP contribution in [0.4, 0.5) is 0 Å². The number of phenolic OH excluding ortho intramolecular Hbond substituents is 1. The Kier molecular flexibility index (Phi) is 3.63. The molecule has 0 unspecified atom stereocenters. The van der Waals surface area contributed by atoms with Gasteiger partial charge in [0.05, 0.1) is 11.6 Å². The molecular weight excluding hydrogens is 226 g/mol. The maximum atomic E-state index is 12.0. The summed E-state index contributed by atoms with van der Waals surface area (Å²) in [6.07, 6.45) is 0. The molecule has 0 saturated heterocycles. The van der Waals surface area contributed by atoms with Gasteiger partial charge in [0.2, 0.25) is 0 Å². The number of carbonyl (C=O) groups excluding carboxylic acids is 1. The number of phenols is 1. The lowest BCUT2D eigenvalue weighted by molar-refractivity contribution is 0.0937. The summed E-state index contributed by atoms with van der Waals surface area (Å²) in [4.78, 5) is 12.0. The molecule has 0 heterocycles. The van der Waals surface area contributed by atoms with Gasteiger partial charge >= 0.3 is 0 Å². The predicted molar refractivity (Wildman–Crippen MR) is 70.4 cm³/mol. The number of aromatic hydroxyl groups is 1. The molecule has 0 aliphatic carbocycles. The molecule has 0 saturated carbocycles. The van der Waals surface area contributed by atoms with E-state index in [4.69, 9.17) is 0 Å². The van der Waals surface area contributed by atoms with Crippen molar-refractivity contribution < 1.29 is 9.90 Å². The molecule has 0 fully saturated rings. The largest absolute Gasteiger partial charge is 0.507 e. The molecule has 1 amide bonds. The van der Waals surface area contributed by atoms with Crippen LogP contribution in [0.15, 0.2) is 54.6 Å². The molecule has 18 heavy (non-hydrogen) atoms. The van der Waals surface area contributed by atoms with Crippen molar-refractivity contribution in [2.45, 2.75) is 13.0 Å². The zero-order valence-electron chi connectivity index (χ0n) is 10.1. The molecule has 2 aromatic carbocycles. The van der Waals surface area contributed by atoms with Crippen molar-refractivity contribution in [3.8, 4) is 5.75 Å². The van der Waals surface area contributed by atoms with E-state index in [1.54, 1.807) is 18.2 Å². The molecule has 0 aliphatic heterocycles. The van der Waals surface area contributed by atoms with E-state index in [9.17, 15) is 9.90 Å². The molecule has 0 spiro atoms. The van der Waals surface area contributed by atoms with E-state index in [1.807, 2.05) is 37.3 Å². The fraction of sp³-hybridized carbons (Fsp3) is 0.133. The first-order valence-corrected chi connectivity index (χ1v) is 5.82. The lowest BCUT2D eigenvalue weighted by atomic mass is 10.1. The van der Waals surface area contributed by atoms with Gasteiger partial charge in [-0.2, -0.15) is 0 Å². The van der Waals surface area contributed by atoms with E-state index in [2.05, 4.69) is 5.32 Å². The van der Waals surface area contributed by atoms with E-state index in [0.717, 1.165) is 5.56 Å². The van der Waals surface area contributed by atoms with Gasteiger partial charge in [0.1, 0.15) is 5.75 Å². The third-order valence-corrected chi connectivity index (χ3v) is 2.80. The van der Waals surface area contributed by atoms with Gasteiger partial charge in [-0.25, -0.2) is 0 Å². The second kappa shape index (κ2) is 5.36. The van der Waals surface area contributed by atoms with Crippen LogP contribution in [0.25, 0.3) is 0 Å². The molecule has 1 atom stereocenters. The second-order valence-corrected chi connectivity index (χ2v) is 4.12. The standard InChI is InChI=1S/C15H15NO2/c1-11(12-7-3-2-4-8-12)16-15(18)13-9-5-6-10-14(13)17/h2-11,17H,1H3,(H,16,18)/t11-/m0/s1. The van der Waals surface area contributed by atoms with Gasteiger partial charge in [-0.05, 0) is 24.6 Å². The molecule has 2 rings (SSSR count). The quantitative estimate of drug-likeness (QED) is 0.868.